The quantitative estimate of drug-likeness (QED) is 0.661. The minimum absolute atomic E-state index is 0.133. The van der Waals surface area contributed by atoms with Gasteiger partial charge in [-0.2, -0.15) is 0 Å². The molecular weight excluding hydrogens is 358 g/mol. The summed E-state index contributed by atoms with van der Waals surface area (Å²) in [6, 6.07) is 14.2. The molecule has 0 radical (unpaired) electrons. The van der Waals surface area contributed by atoms with E-state index in [2.05, 4.69) is 10.3 Å². The largest absolute Gasteiger partial charge is 0.332 e. The highest BCUT2D eigenvalue weighted by Gasteiger charge is 2.07. The molecule has 0 spiro atoms. The van der Waals surface area contributed by atoms with Crippen molar-refractivity contribution in [2.24, 2.45) is 0 Å². The van der Waals surface area contributed by atoms with Gasteiger partial charge in [-0.05, 0) is 49.0 Å². The number of benzene rings is 2. The van der Waals surface area contributed by atoms with E-state index in [9.17, 15) is 9.59 Å². The molecule has 2 aromatic carbocycles. The van der Waals surface area contributed by atoms with Gasteiger partial charge in [0.1, 0.15) is 0 Å². The van der Waals surface area contributed by atoms with Crippen LogP contribution in [0.5, 0.6) is 0 Å². The average molecular weight is 374 g/mol. The fourth-order valence-electron chi connectivity index (χ4n) is 2.59. The fraction of sp³-hybridized carbons (Fsp3) is 0.167. The summed E-state index contributed by atoms with van der Waals surface area (Å²) < 4.78 is 1.85. The van der Waals surface area contributed by atoms with E-state index < -0.39 is 0 Å². The Hall–Kier alpha value is -2.44. The molecule has 3 rings (SSSR count). The van der Waals surface area contributed by atoms with Crippen molar-refractivity contribution in [1.29, 1.82) is 0 Å². The summed E-state index contributed by atoms with van der Waals surface area (Å²) in [6.45, 7) is 0.377. The van der Waals surface area contributed by atoms with E-state index in [1.165, 1.54) is 4.57 Å². The molecule has 0 saturated heterocycles. The lowest BCUT2D eigenvalue weighted by Crippen LogP contribution is -2.23. The molecule has 0 aliphatic carbocycles. The van der Waals surface area contributed by atoms with Crippen molar-refractivity contribution in [3.05, 3.63) is 68.7 Å². The molecule has 1 heterocycles. The highest BCUT2D eigenvalue weighted by molar-refractivity contribution is 7.71. The number of rotatable bonds is 5. The van der Waals surface area contributed by atoms with E-state index in [-0.39, 0.29) is 17.9 Å². The standard InChI is InChI=1S/C18H16ClN3O2S/c19-12-5-3-6-13(11-12)20-16(23)9-4-10-22-17(24)14-7-1-2-8-15(14)21-18(22)25/h1-3,5-8,11H,4,9-10H2,(H,20,23)(H,21,25). The summed E-state index contributed by atoms with van der Waals surface area (Å²) >= 11 is 11.1. The highest BCUT2D eigenvalue weighted by Crippen LogP contribution is 2.15. The number of nitrogens with one attached hydrogen (secondary N) is 2. The third-order valence-corrected chi connectivity index (χ3v) is 4.34. The predicted molar refractivity (Wildman–Crippen MR) is 103 cm³/mol. The molecular formula is C18H16ClN3O2S. The van der Waals surface area contributed by atoms with Crippen molar-refractivity contribution in [2.75, 3.05) is 5.32 Å². The van der Waals surface area contributed by atoms with Crippen molar-refractivity contribution in [2.45, 2.75) is 19.4 Å². The zero-order valence-corrected chi connectivity index (χ0v) is 14.9. The third-order valence-electron chi connectivity index (χ3n) is 3.78. The van der Waals surface area contributed by atoms with Crippen molar-refractivity contribution in [3.8, 4) is 0 Å². The van der Waals surface area contributed by atoms with E-state index in [0.717, 1.165) is 0 Å². The molecule has 0 bridgehead atoms. The summed E-state index contributed by atoms with van der Waals surface area (Å²) in [4.78, 5) is 27.6. The lowest BCUT2D eigenvalue weighted by Gasteiger charge is -2.09. The number of aromatic nitrogens is 2. The molecule has 0 unspecified atom stereocenters. The lowest BCUT2D eigenvalue weighted by molar-refractivity contribution is -0.116. The minimum atomic E-state index is -0.144. The SMILES string of the molecule is O=C(CCCn1c(=S)[nH]c2ccccc2c1=O)Nc1cccc(Cl)c1. The van der Waals surface area contributed by atoms with Gasteiger partial charge in [0.15, 0.2) is 4.77 Å². The number of halogens is 1. The van der Waals surface area contributed by atoms with Gasteiger partial charge in [-0.3, -0.25) is 14.2 Å². The van der Waals surface area contributed by atoms with Gasteiger partial charge in [0, 0.05) is 23.7 Å². The van der Waals surface area contributed by atoms with Gasteiger partial charge in [0.25, 0.3) is 5.56 Å². The van der Waals surface area contributed by atoms with Crippen LogP contribution in [0.25, 0.3) is 10.9 Å². The molecule has 0 saturated carbocycles. The molecule has 1 aromatic heterocycles. The third kappa shape index (κ3) is 4.15. The summed E-state index contributed by atoms with van der Waals surface area (Å²) in [5.41, 5.74) is 1.22. The molecule has 1 amide bonds. The van der Waals surface area contributed by atoms with Crippen molar-refractivity contribution >= 4 is 46.3 Å². The Morgan fingerprint density at radius 3 is 2.80 bits per heavy atom. The fourth-order valence-corrected chi connectivity index (χ4v) is 3.06. The second-order valence-electron chi connectivity index (χ2n) is 5.59. The van der Waals surface area contributed by atoms with Crippen LogP contribution < -0.4 is 10.9 Å². The number of H-pyrrole nitrogens is 1. The number of hydrogen-bond donors (Lipinski definition) is 2. The van der Waals surface area contributed by atoms with E-state index in [0.29, 0.717) is 39.3 Å². The van der Waals surface area contributed by atoms with Crippen molar-refractivity contribution < 1.29 is 4.79 Å². The maximum Gasteiger partial charge on any atom is 0.262 e. The van der Waals surface area contributed by atoms with E-state index >= 15 is 0 Å². The number of amides is 1. The van der Waals surface area contributed by atoms with E-state index in [1.807, 2.05) is 18.2 Å². The number of nitrogens with zero attached hydrogens (tertiary/aromatic N) is 1. The van der Waals surface area contributed by atoms with Gasteiger partial charge in [-0.15, -0.1) is 0 Å². The molecule has 25 heavy (non-hydrogen) atoms. The number of hydrogen-bond acceptors (Lipinski definition) is 3. The number of carbonyl (C=O) groups excluding carboxylic acids is 1. The minimum Gasteiger partial charge on any atom is -0.332 e. The van der Waals surface area contributed by atoms with Gasteiger partial charge < -0.3 is 10.3 Å². The van der Waals surface area contributed by atoms with Crippen molar-refractivity contribution in [3.63, 3.8) is 0 Å². The maximum absolute atomic E-state index is 12.5. The Labute approximate surface area is 154 Å². The Morgan fingerprint density at radius 1 is 1.20 bits per heavy atom. The smallest absolute Gasteiger partial charge is 0.262 e. The second kappa shape index (κ2) is 7.63. The number of para-hydroxylation sites is 1. The van der Waals surface area contributed by atoms with Gasteiger partial charge in [-0.25, -0.2) is 0 Å². The van der Waals surface area contributed by atoms with Crippen LogP contribution in [0.3, 0.4) is 0 Å². The normalized spacial score (nSPS) is 10.8. The van der Waals surface area contributed by atoms with Crippen LogP contribution in [-0.2, 0) is 11.3 Å². The predicted octanol–water partition coefficient (Wildman–Crippen LogP) is 4.13. The van der Waals surface area contributed by atoms with Gasteiger partial charge in [0.2, 0.25) is 5.91 Å². The Kier molecular flexibility index (Phi) is 5.31. The molecule has 7 heteroatoms. The zero-order valence-electron chi connectivity index (χ0n) is 13.3. The lowest BCUT2D eigenvalue weighted by atomic mass is 10.2. The van der Waals surface area contributed by atoms with Crippen LogP contribution in [0, 0.1) is 4.77 Å². The highest BCUT2D eigenvalue weighted by atomic mass is 35.5. The Balaban J connectivity index is 1.66. The second-order valence-corrected chi connectivity index (χ2v) is 6.42. The van der Waals surface area contributed by atoms with Crippen LogP contribution in [-0.4, -0.2) is 15.5 Å². The van der Waals surface area contributed by atoms with Crippen LogP contribution in [0.1, 0.15) is 12.8 Å². The first kappa shape index (κ1) is 17.4. The molecule has 2 N–H and O–H groups in total. The molecule has 5 nitrogen and oxygen atoms in total. The number of anilines is 1. The van der Waals surface area contributed by atoms with Crippen LogP contribution in [0.2, 0.25) is 5.02 Å². The first-order chi connectivity index (χ1) is 12.0. The van der Waals surface area contributed by atoms with E-state index in [4.69, 9.17) is 23.8 Å². The van der Waals surface area contributed by atoms with Gasteiger partial charge >= 0.3 is 0 Å². The first-order valence-corrected chi connectivity index (χ1v) is 8.60. The van der Waals surface area contributed by atoms with Gasteiger partial charge in [-0.1, -0.05) is 29.8 Å². The summed E-state index contributed by atoms with van der Waals surface area (Å²) in [7, 11) is 0. The van der Waals surface area contributed by atoms with Crippen LogP contribution in [0.4, 0.5) is 5.69 Å². The first-order valence-electron chi connectivity index (χ1n) is 7.82. The molecule has 0 aliphatic rings. The topological polar surface area (TPSA) is 66.9 Å². The van der Waals surface area contributed by atoms with Gasteiger partial charge in [0.05, 0.1) is 10.9 Å². The Morgan fingerprint density at radius 2 is 2.00 bits per heavy atom. The average Bonchev–Trinajstić information content (AvgIpc) is 2.58. The number of aromatic amines is 1. The summed E-state index contributed by atoms with van der Waals surface area (Å²) in [5.74, 6) is -0.133. The molecule has 0 aliphatic heterocycles. The zero-order chi connectivity index (χ0) is 17.8. The molecule has 3 aromatic rings. The number of fused-ring (bicyclic) bond motifs is 1. The number of carbonyl (C=O) groups is 1. The summed E-state index contributed by atoms with van der Waals surface area (Å²) in [6.07, 6.45) is 0.780. The molecule has 0 atom stereocenters. The van der Waals surface area contributed by atoms with Crippen molar-refractivity contribution in [1.82, 2.24) is 9.55 Å². The molecule has 0 fully saturated rings. The van der Waals surface area contributed by atoms with Crippen LogP contribution in [0.15, 0.2) is 53.3 Å². The maximum atomic E-state index is 12.5. The summed E-state index contributed by atoms with van der Waals surface area (Å²) in [5, 5.41) is 3.93. The van der Waals surface area contributed by atoms with Crippen LogP contribution >= 0.6 is 23.8 Å². The monoisotopic (exact) mass is 373 g/mol. The molecule has 128 valence electrons. The van der Waals surface area contributed by atoms with E-state index in [1.54, 1.807) is 30.3 Å². The Bertz CT molecular complexity index is 1040.